The molecule has 0 atom stereocenters. The van der Waals surface area contributed by atoms with Crippen LogP contribution in [0.4, 0.5) is 5.13 Å². The largest absolute Gasteiger partial charge is 0.301 e. The van der Waals surface area contributed by atoms with Crippen molar-refractivity contribution in [2.75, 3.05) is 11.1 Å². The van der Waals surface area contributed by atoms with Crippen molar-refractivity contribution >= 4 is 34.1 Å². The minimum absolute atomic E-state index is 0.146. The summed E-state index contributed by atoms with van der Waals surface area (Å²) < 4.78 is 1.93. The summed E-state index contributed by atoms with van der Waals surface area (Å²) >= 11 is 2.73. The predicted octanol–water partition coefficient (Wildman–Crippen LogP) is 4.38. The second-order valence-electron chi connectivity index (χ2n) is 6.18. The highest BCUT2D eigenvalue weighted by atomic mass is 32.2. The van der Waals surface area contributed by atoms with Crippen LogP contribution in [0.15, 0.2) is 78.0 Å². The number of amides is 1. The number of rotatable bonds is 8. The summed E-state index contributed by atoms with van der Waals surface area (Å²) in [4.78, 5) is 21.0. The van der Waals surface area contributed by atoms with Gasteiger partial charge in [0.2, 0.25) is 5.91 Å². The van der Waals surface area contributed by atoms with Crippen molar-refractivity contribution in [2.45, 2.75) is 11.7 Å². The Morgan fingerprint density at radius 3 is 2.70 bits per heavy atom. The number of carbonyl (C=O) groups is 1. The van der Waals surface area contributed by atoms with Crippen molar-refractivity contribution in [3.8, 4) is 22.6 Å². The number of thiazole rings is 1. The zero-order chi connectivity index (χ0) is 20.8. The first kappa shape index (κ1) is 20.0. The number of benzene rings is 1. The number of thioether (sulfide) groups is 1. The molecule has 1 aromatic carbocycles. The van der Waals surface area contributed by atoms with Gasteiger partial charge < -0.3 is 5.32 Å². The molecule has 4 rings (SSSR count). The smallest absolute Gasteiger partial charge is 0.236 e. The Balaban J connectivity index is 1.41. The van der Waals surface area contributed by atoms with Crippen LogP contribution in [0.3, 0.4) is 0 Å². The summed E-state index contributed by atoms with van der Waals surface area (Å²) in [5.41, 5.74) is 2.77. The lowest BCUT2D eigenvalue weighted by atomic mass is 10.2. The lowest BCUT2D eigenvalue weighted by Crippen LogP contribution is -2.14. The summed E-state index contributed by atoms with van der Waals surface area (Å²) in [5, 5.41) is 14.5. The molecule has 3 aromatic heterocycles. The second kappa shape index (κ2) is 9.47. The topological polar surface area (TPSA) is 85.6 Å². The Kier molecular flexibility index (Phi) is 6.31. The third kappa shape index (κ3) is 4.64. The highest BCUT2D eigenvalue weighted by molar-refractivity contribution is 7.99. The monoisotopic (exact) mass is 434 g/mol. The molecule has 1 N–H and O–H groups in total. The second-order valence-corrected chi connectivity index (χ2v) is 7.98. The molecule has 0 saturated carbocycles. The molecule has 0 fully saturated rings. The molecule has 0 radical (unpaired) electrons. The van der Waals surface area contributed by atoms with Crippen LogP contribution < -0.4 is 5.32 Å². The van der Waals surface area contributed by atoms with Gasteiger partial charge in [-0.1, -0.05) is 48.2 Å². The standard InChI is InChI=1S/C21H18N6OS2/c1-2-12-27-19(16-8-10-22-11-9-16)25-26-21(27)30-14-18(28)24-20-23-17(13-29-20)15-6-4-3-5-7-15/h2-11,13H,1,12,14H2,(H,23,24,28). The Morgan fingerprint density at radius 1 is 1.13 bits per heavy atom. The maximum atomic E-state index is 12.4. The van der Waals surface area contributed by atoms with Crippen LogP contribution in [-0.2, 0) is 11.3 Å². The fraction of sp³-hybridized carbons (Fsp3) is 0.0952. The van der Waals surface area contributed by atoms with Gasteiger partial charge in [-0.2, -0.15) is 0 Å². The molecule has 4 aromatic rings. The molecule has 7 nitrogen and oxygen atoms in total. The number of allylic oxidation sites excluding steroid dienone is 1. The number of nitrogens with zero attached hydrogens (tertiary/aromatic N) is 5. The zero-order valence-electron chi connectivity index (χ0n) is 15.9. The molecule has 150 valence electrons. The number of nitrogens with one attached hydrogen (secondary N) is 1. The van der Waals surface area contributed by atoms with E-state index in [4.69, 9.17) is 0 Å². The summed E-state index contributed by atoms with van der Waals surface area (Å²) in [6.07, 6.45) is 5.19. The van der Waals surface area contributed by atoms with Crippen LogP contribution in [0.25, 0.3) is 22.6 Å². The van der Waals surface area contributed by atoms with Gasteiger partial charge in [0.15, 0.2) is 16.1 Å². The number of anilines is 1. The summed E-state index contributed by atoms with van der Waals surface area (Å²) in [7, 11) is 0. The van der Waals surface area contributed by atoms with Gasteiger partial charge in [-0.25, -0.2) is 4.98 Å². The van der Waals surface area contributed by atoms with E-state index in [9.17, 15) is 4.79 Å². The molecule has 0 unspecified atom stereocenters. The number of aromatic nitrogens is 5. The molecule has 0 aliphatic rings. The highest BCUT2D eigenvalue weighted by Crippen LogP contribution is 2.26. The van der Waals surface area contributed by atoms with E-state index >= 15 is 0 Å². The molecule has 1 amide bonds. The van der Waals surface area contributed by atoms with E-state index in [1.807, 2.05) is 52.4 Å². The molecule has 0 saturated heterocycles. The van der Waals surface area contributed by atoms with Gasteiger partial charge in [-0.05, 0) is 12.1 Å². The van der Waals surface area contributed by atoms with Gasteiger partial charge in [0.05, 0.1) is 11.4 Å². The highest BCUT2D eigenvalue weighted by Gasteiger charge is 2.15. The van der Waals surface area contributed by atoms with Crippen LogP contribution in [0.1, 0.15) is 0 Å². The Bertz CT molecular complexity index is 1140. The van der Waals surface area contributed by atoms with Crippen LogP contribution >= 0.6 is 23.1 Å². The predicted molar refractivity (Wildman–Crippen MR) is 120 cm³/mol. The quantitative estimate of drug-likeness (QED) is 0.327. The molecular formula is C21H18N6OS2. The molecule has 0 bridgehead atoms. The summed E-state index contributed by atoms with van der Waals surface area (Å²) in [5.74, 6) is 0.770. The van der Waals surface area contributed by atoms with Gasteiger partial charge >= 0.3 is 0 Å². The van der Waals surface area contributed by atoms with E-state index in [0.717, 1.165) is 16.8 Å². The van der Waals surface area contributed by atoms with Gasteiger partial charge in [0.1, 0.15) is 0 Å². The Hall–Kier alpha value is -3.30. The minimum Gasteiger partial charge on any atom is -0.301 e. The lowest BCUT2D eigenvalue weighted by molar-refractivity contribution is -0.113. The fourth-order valence-corrected chi connectivity index (χ4v) is 4.25. The maximum Gasteiger partial charge on any atom is 0.236 e. The average molecular weight is 435 g/mol. The summed E-state index contributed by atoms with van der Waals surface area (Å²) in [6, 6.07) is 13.6. The first-order chi connectivity index (χ1) is 14.7. The van der Waals surface area contributed by atoms with Gasteiger partial charge in [0.25, 0.3) is 0 Å². The molecule has 0 aliphatic heterocycles. The molecule has 3 heterocycles. The van der Waals surface area contributed by atoms with Crippen molar-refractivity contribution < 1.29 is 4.79 Å². The molecule has 9 heteroatoms. The minimum atomic E-state index is -0.146. The first-order valence-electron chi connectivity index (χ1n) is 9.12. The molecule has 0 spiro atoms. The van der Waals surface area contributed by atoms with E-state index in [2.05, 4.69) is 32.1 Å². The average Bonchev–Trinajstić information content (AvgIpc) is 3.41. The van der Waals surface area contributed by atoms with Crippen LogP contribution in [-0.4, -0.2) is 36.4 Å². The van der Waals surface area contributed by atoms with Crippen molar-refractivity contribution in [3.63, 3.8) is 0 Å². The van der Waals surface area contributed by atoms with E-state index < -0.39 is 0 Å². The van der Waals surface area contributed by atoms with Gasteiger partial charge in [-0.15, -0.1) is 28.1 Å². The van der Waals surface area contributed by atoms with Crippen LogP contribution in [0, 0.1) is 0 Å². The normalized spacial score (nSPS) is 10.7. The number of carbonyl (C=O) groups excluding carboxylic acids is 1. The van der Waals surface area contributed by atoms with Gasteiger partial charge in [0, 0.05) is 35.4 Å². The zero-order valence-corrected chi connectivity index (χ0v) is 17.6. The first-order valence-corrected chi connectivity index (χ1v) is 11.0. The van der Waals surface area contributed by atoms with Crippen molar-refractivity contribution in [1.29, 1.82) is 0 Å². The van der Waals surface area contributed by atoms with E-state index in [-0.39, 0.29) is 11.7 Å². The summed E-state index contributed by atoms with van der Waals surface area (Å²) in [6.45, 7) is 4.35. The third-order valence-electron chi connectivity index (χ3n) is 4.12. The van der Waals surface area contributed by atoms with Crippen LogP contribution in [0.5, 0.6) is 0 Å². The molecule has 30 heavy (non-hydrogen) atoms. The van der Waals surface area contributed by atoms with E-state index in [1.54, 1.807) is 18.5 Å². The van der Waals surface area contributed by atoms with E-state index in [1.165, 1.54) is 23.1 Å². The Morgan fingerprint density at radius 2 is 1.93 bits per heavy atom. The van der Waals surface area contributed by atoms with Gasteiger partial charge in [-0.3, -0.25) is 14.3 Å². The maximum absolute atomic E-state index is 12.4. The van der Waals surface area contributed by atoms with E-state index in [0.29, 0.717) is 22.7 Å². The third-order valence-corrected chi connectivity index (χ3v) is 5.84. The number of hydrogen-bond donors (Lipinski definition) is 1. The van der Waals surface area contributed by atoms with Crippen molar-refractivity contribution in [1.82, 2.24) is 24.7 Å². The number of hydrogen-bond acceptors (Lipinski definition) is 7. The Labute approximate surface area is 181 Å². The van der Waals surface area contributed by atoms with Crippen molar-refractivity contribution in [2.24, 2.45) is 0 Å². The fourth-order valence-electron chi connectivity index (χ4n) is 2.76. The van der Waals surface area contributed by atoms with Crippen LogP contribution in [0.2, 0.25) is 0 Å². The number of pyridine rings is 1. The molecular weight excluding hydrogens is 416 g/mol. The van der Waals surface area contributed by atoms with Crippen molar-refractivity contribution in [3.05, 3.63) is 72.9 Å². The molecule has 0 aliphatic carbocycles. The lowest BCUT2D eigenvalue weighted by Gasteiger charge is -2.07. The SMILES string of the molecule is C=CCn1c(SCC(=O)Nc2nc(-c3ccccc3)cs2)nnc1-c1ccncc1.